The maximum Gasteiger partial charge on any atom is 0.407 e. The van der Waals surface area contributed by atoms with E-state index in [0.717, 1.165) is 12.8 Å². The van der Waals surface area contributed by atoms with Gasteiger partial charge in [0.15, 0.2) is 0 Å². The van der Waals surface area contributed by atoms with E-state index in [1.165, 1.54) is 12.3 Å². The number of rotatable bonds is 6. The summed E-state index contributed by atoms with van der Waals surface area (Å²) in [5.74, 6) is 0. The molecule has 0 aliphatic heterocycles. The fourth-order valence-electron chi connectivity index (χ4n) is 2.10. The lowest BCUT2D eigenvalue weighted by molar-refractivity contribution is -0.160. The SMILES string of the molecule is O=S(=O)(NC1(C(F)(F)F)CC1)c1c[nH]c(CNC2CC2)c1. The van der Waals surface area contributed by atoms with Crippen molar-refractivity contribution in [3.05, 3.63) is 18.0 Å². The summed E-state index contributed by atoms with van der Waals surface area (Å²) in [6, 6.07) is 1.83. The van der Waals surface area contributed by atoms with E-state index >= 15 is 0 Å². The molecule has 0 radical (unpaired) electrons. The van der Waals surface area contributed by atoms with Gasteiger partial charge in [-0.3, -0.25) is 0 Å². The summed E-state index contributed by atoms with van der Waals surface area (Å²) in [7, 11) is -4.17. The minimum absolute atomic E-state index is 0.161. The summed E-state index contributed by atoms with van der Waals surface area (Å²) in [6.07, 6.45) is -1.57. The van der Waals surface area contributed by atoms with Gasteiger partial charge < -0.3 is 10.3 Å². The largest absolute Gasteiger partial charge is 0.407 e. The van der Waals surface area contributed by atoms with Crippen molar-refractivity contribution in [3.8, 4) is 0 Å². The first-order chi connectivity index (χ1) is 9.72. The van der Waals surface area contributed by atoms with Crippen LogP contribution in [0.2, 0.25) is 0 Å². The highest BCUT2D eigenvalue weighted by Gasteiger charge is 2.65. The van der Waals surface area contributed by atoms with E-state index in [0.29, 0.717) is 18.3 Å². The Balaban J connectivity index is 1.70. The highest BCUT2D eigenvalue weighted by Crippen LogP contribution is 2.49. The Bertz CT molecular complexity index is 630. The fraction of sp³-hybridized carbons (Fsp3) is 0.667. The van der Waals surface area contributed by atoms with Crippen LogP contribution in [0.4, 0.5) is 13.2 Å². The van der Waals surface area contributed by atoms with Gasteiger partial charge in [-0.25, -0.2) is 8.42 Å². The molecule has 1 heterocycles. The fourth-order valence-corrected chi connectivity index (χ4v) is 3.57. The van der Waals surface area contributed by atoms with Gasteiger partial charge in [0.05, 0.1) is 4.90 Å². The molecule has 0 bridgehead atoms. The minimum Gasteiger partial charge on any atom is -0.363 e. The third kappa shape index (κ3) is 3.09. The van der Waals surface area contributed by atoms with Crippen LogP contribution < -0.4 is 10.0 Å². The van der Waals surface area contributed by atoms with Gasteiger partial charge in [-0.05, 0) is 31.7 Å². The first-order valence-electron chi connectivity index (χ1n) is 6.73. The lowest BCUT2D eigenvalue weighted by Gasteiger charge is -2.20. The maximum absolute atomic E-state index is 12.8. The van der Waals surface area contributed by atoms with Gasteiger partial charge in [0.2, 0.25) is 10.0 Å². The molecular formula is C12H16F3N3O2S. The average molecular weight is 323 g/mol. The number of alkyl halides is 3. The summed E-state index contributed by atoms with van der Waals surface area (Å²) in [5, 5.41) is 3.20. The van der Waals surface area contributed by atoms with Crippen LogP contribution in [0, 0.1) is 0 Å². The second-order valence-electron chi connectivity index (χ2n) is 5.70. The summed E-state index contributed by atoms with van der Waals surface area (Å²) in [4.78, 5) is 2.62. The Morgan fingerprint density at radius 2 is 2.00 bits per heavy atom. The van der Waals surface area contributed by atoms with Gasteiger partial charge in [-0.15, -0.1) is 0 Å². The lowest BCUT2D eigenvalue weighted by atomic mass is 10.3. The predicted octanol–water partition coefficient (Wildman–Crippen LogP) is 1.64. The van der Waals surface area contributed by atoms with E-state index in [1.807, 2.05) is 0 Å². The molecule has 21 heavy (non-hydrogen) atoms. The van der Waals surface area contributed by atoms with Crippen LogP contribution in [0.15, 0.2) is 17.2 Å². The molecule has 5 nitrogen and oxygen atoms in total. The van der Waals surface area contributed by atoms with E-state index in [-0.39, 0.29) is 17.7 Å². The topological polar surface area (TPSA) is 74.0 Å². The molecule has 1 aromatic heterocycles. The third-order valence-electron chi connectivity index (χ3n) is 3.81. The predicted molar refractivity (Wildman–Crippen MR) is 69.0 cm³/mol. The summed E-state index contributed by atoms with van der Waals surface area (Å²) >= 11 is 0. The molecule has 0 spiro atoms. The zero-order valence-corrected chi connectivity index (χ0v) is 11.9. The Labute approximate surface area is 120 Å². The Morgan fingerprint density at radius 3 is 2.52 bits per heavy atom. The van der Waals surface area contributed by atoms with Crippen LogP contribution in [-0.2, 0) is 16.6 Å². The molecule has 2 aliphatic rings. The van der Waals surface area contributed by atoms with Gasteiger partial charge in [0.1, 0.15) is 5.54 Å². The monoisotopic (exact) mass is 323 g/mol. The van der Waals surface area contributed by atoms with Gasteiger partial charge in [-0.1, -0.05) is 0 Å². The standard InChI is InChI=1S/C12H16F3N3O2S/c13-12(14,15)11(3-4-11)18-21(19,20)10-5-9(17-7-10)6-16-8-1-2-8/h5,7-8,16-18H,1-4,6H2. The average Bonchev–Trinajstić information content (AvgIpc) is 3.27. The van der Waals surface area contributed by atoms with Crippen molar-refractivity contribution in [2.24, 2.45) is 0 Å². The van der Waals surface area contributed by atoms with Gasteiger partial charge >= 0.3 is 6.18 Å². The summed E-state index contributed by atoms with van der Waals surface area (Å²) < 4.78 is 64.3. The van der Waals surface area contributed by atoms with E-state index in [2.05, 4.69) is 10.3 Å². The number of sulfonamides is 1. The second kappa shape index (κ2) is 4.72. The number of hydrogen-bond donors (Lipinski definition) is 3. The molecule has 2 aliphatic carbocycles. The molecule has 118 valence electrons. The molecule has 0 atom stereocenters. The van der Waals surface area contributed by atoms with Gasteiger partial charge in [-0.2, -0.15) is 17.9 Å². The molecule has 3 rings (SSSR count). The van der Waals surface area contributed by atoms with Gasteiger partial charge in [0, 0.05) is 24.5 Å². The number of hydrogen-bond acceptors (Lipinski definition) is 3. The highest BCUT2D eigenvalue weighted by atomic mass is 32.2. The Morgan fingerprint density at radius 1 is 1.33 bits per heavy atom. The number of halogens is 3. The summed E-state index contributed by atoms with van der Waals surface area (Å²) in [5.41, 5.74) is -1.64. The molecule has 0 aromatic carbocycles. The van der Waals surface area contributed by atoms with Crippen molar-refractivity contribution in [2.75, 3.05) is 0 Å². The van der Waals surface area contributed by atoms with Crippen molar-refractivity contribution in [1.82, 2.24) is 15.0 Å². The lowest BCUT2D eigenvalue weighted by Crippen LogP contribution is -2.47. The minimum atomic E-state index is -4.56. The van der Waals surface area contributed by atoms with E-state index in [4.69, 9.17) is 0 Å². The van der Waals surface area contributed by atoms with Crippen molar-refractivity contribution >= 4 is 10.0 Å². The molecule has 0 amide bonds. The zero-order chi connectivity index (χ0) is 15.3. The molecule has 0 saturated heterocycles. The number of nitrogens with one attached hydrogen (secondary N) is 3. The van der Waals surface area contributed by atoms with Crippen LogP contribution in [-0.4, -0.2) is 31.2 Å². The highest BCUT2D eigenvalue weighted by molar-refractivity contribution is 7.89. The molecule has 9 heteroatoms. The molecule has 2 fully saturated rings. The first kappa shape index (κ1) is 14.9. The first-order valence-corrected chi connectivity index (χ1v) is 8.22. The van der Waals surface area contributed by atoms with E-state index in [9.17, 15) is 21.6 Å². The number of aromatic amines is 1. The Hall–Kier alpha value is -1.06. The molecule has 2 saturated carbocycles. The van der Waals surface area contributed by atoms with Crippen LogP contribution in [0.1, 0.15) is 31.4 Å². The molecule has 0 unspecified atom stereocenters. The van der Waals surface area contributed by atoms with Crippen molar-refractivity contribution in [1.29, 1.82) is 0 Å². The maximum atomic E-state index is 12.8. The van der Waals surface area contributed by atoms with E-state index < -0.39 is 21.7 Å². The third-order valence-corrected chi connectivity index (χ3v) is 5.32. The van der Waals surface area contributed by atoms with Crippen molar-refractivity contribution < 1.29 is 21.6 Å². The summed E-state index contributed by atoms with van der Waals surface area (Å²) in [6.45, 7) is 0.477. The van der Waals surface area contributed by atoms with Crippen LogP contribution in [0.25, 0.3) is 0 Å². The number of aromatic nitrogens is 1. The zero-order valence-electron chi connectivity index (χ0n) is 11.1. The van der Waals surface area contributed by atoms with E-state index in [1.54, 1.807) is 4.72 Å². The van der Waals surface area contributed by atoms with Gasteiger partial charge in [0.25, 0.3) is 0 Å². The molecule has 3 N–H and O–H groups in total. The van der Waals surface area contributed by atoms with Crippen LogP contribution in [0.3, 0.4) is 0 Å². The molecule has 1 aromatic rings. The normalized spacial score (nSPS) is 21.5. The quantitative estimate of drug-likeness (QED) is 0.745. The van der Waals surface area contributed by atoms with Crippen molar-refractivity contribution in [2.45, 2.75) is 54.9 Å². The second-order valence-corrected chi connectivity index (χ2v) is 7.38. The molecular weight excluding hydrogens is 307 g/mol. The Kier molecular flexibility index (Phi) is 3.34. The van der Waals surface area contributed by atoms with Crippen LogP contribution >= 0.6 is 0 Å². The van der Waals surface area contributed by atoms with Crippen molar-refractivity contribution in [3.63, 3.8) is 0 Å². The smallest absolute Gasteiger partial charge is 0.363 e. The van der Waals surface area contributed by atoms with Crippen LogP contribution in [0.5, 0.6) is 0 Å². The number of H-pyrrole nitrogens is 1.